The number of amides is 2. The van der Waals surface area contributed by atoms with E-state index in [1.807, 2.05) is 12.3 Å². The number of carbonyl (C=O) groups excluding carboxylic acids is 2. The second kappa shape index (κ2) is 11.1. The van der Waals surface area contributed by atoms with Crippen molar-refractivity contribution in [2.24, 2.45) is 5.92 Å². The Bertz CT molecular complexity index is 588. The van der Waals surface area contributed by atoms with Crippen molar-refractivity contribution in [2.75, 3.05) is 25.7 Å². The highest BCUT2D eigenvalue weighted by molar-refractivity contribution is 7.98. The molecule has 144 valence electrons. The maximum Gasteiger partial charge on any atom is 0.255 e. The van der Waals surface area contributed by atoms with Crippen molar-refractivity contribution in [3.05, 3.63) is 29.8 Å². The van der Waals surface area contributed by atoms with E-state index < -0.39 is 6.04 Å². The summed E-state index contributed by atoms with van der Waals surface area (Å²) in [5, 5.41) is 5.94. The van der Waals surface area contributed by atoms with Crippen molar-refractivity contribution in [3.63, 3.8) is 0 Å². The third-order valence-electron chi connectivity index (χ3n) is 4.87. The molecule has 26 heavy (non-hydrogen) atoms. The number of benzene rings is 1. The first-order chi connectivity index (χ1) is 12.7. The van der Waals surface area contributed by atoms with Crippen molar-refractivity contribution in [3.8, 4) is 5.75 Å². The molecule has 0 bridgehead atoms. The van der Waals surface area contributed by atoms with E-state index in [0.717, 1.165) is 5.75 Å². The van der Waals surface area contributed by atoms with E-state index in [-0.39, 0.29) is 11.8 Å². The van der Waals surface area contributed by atoms with Gasteiger partial charge in [0, 0.05) is 6.54 Å². The predicted molar refractivity (Wildman–Crippen MR) is 107 cm³/mol. The van der Waals surface area contributed by atoms with Crippen LogP contribution in [0.25, 0.3) is 0 Å². The van der Waals surface area contributed by atoms with Crippen molar-refractivity contribution in [1.82, 2.24) is 10.6 Å². The van der Waals surface area contributed by atoms with E-state index in [0.29, 0.717) is 30.2 Å². The molecule has 1 unspecified atom stereocenters. The van der Waals surface area contributed by atoms with Crippen LogP contribution in [0.5, 0.6) is 5.75 Å². The number of para-hydroxylation sites is 1. The summed E-state index contributed by atoms with van der Waals surface area (Å²) in [7, 11) is 1.54. The SMILES string of the molecule is COc1ccccc1C(=O)NC(CCSC)C(=O)NCC1CCCCC1. The fraction of sp³-hybridized carbons (Fsp3) is 0.600. The van der Waals surface area contributed by atoms with Crippen LogP contribution in [-0.2, 0) is 4.79 Å². The minimum Gasteiger partial charge on any atom is -0.496 e. The second-order valence-corrected chi connectivity index (χ2v) is 7.74. The summed E-state index contributed by atoms with van der Waals surface area (Å²) in [5.74, 6) is 1.53. The van der Waals surface area contributed by atoms with Crippen LogP contribution in [0, 0.1) is 5.92 Å². The van der Waals surface area contributed by atoms with Gasteiger partial charge >= 0.3 is 0 Å². The first kappa shape index (κ1) is 20.6. The van der Waals surface area contributed by atoms with E-state index in [4.69, 9.17) is 4.74 Å². The number of carbonyl (C=O) groups is 2. The molecular formula is C20H30N2O3S. The van der Waals surface area contributed by atoms with E-state index in [2.05, 4.69) is 10.6 Å². The molecule has 0 saturated heterocycles. The zero-order valence-corrected chi connectivity index (χ0v) is 16.6. The summed E-state index contributed by atoms with van der Waals surface area (Å²) in [5.41, 5.74) is 0.448. The van der Waals surface area contributed by atoms with E-state index >= 15 is 0 Å². The Kier molecular flexibility index (Phi) is 8.81. The largest absolute Gasteiger partial charge is 0.496 e. The van der Waals surface area contributed by atoms with Gasteiger partial charge in [-0.05, 0) is 49.3 Å². The molecule has 1 atom stereocenters. The van der Waals surface area contributed by atoms with Crippen LogP contribution in [0.2, 0.25) is 0 Å². The first-order valence-corrected chi connectivity index (χ1v) is 10.8. The number of hydrogen-bond acceptors (Lipinski definition) is 4. The number of thioether (sulfide) groups is 1. The lowest BCUT2D eigenvalue weighted by molar-refractivity contribution is -0.123. The Morgan fingerprint density at radius 3 is 2.65 bits per heavy atom. The Morgan fingerprint density at radius 2 is 1.96 bits per heavy atom. The summed E-state index contributed by atoms with van der Waals surface area (Å²) in [6.45, 7) is 0.707. The average molecular weight is 379 g/mol. The molecule has 1 fully saturated rings. The van der Waals surface area contributed by atoms with Crippen molar-refractivity contribution in [2.45, 2.75) is 44.6 Å². The molecule has 0 heterocycles. The number of ether oxygens (including phenoxy) is 1. The van der Waals surface area contributed by atoms with Gasteiger partial charge in [-0.2, -0.15) is 11.8 Å². The Labute approximate surface area is 160 Å². The summed E-state index contributed by atoms with van der Waals surface area (Å²) in [6.07, 6.45) is 8.78. The van der Waals surface area contributed by atoms with Crippen LogP contribution in [0.1, 0.15) is 48.9 Å². The maximum atomic E-state index is 12.6. The first-order valence-electron chi connectivity index (χ1n) is 9.36. The molecule has 0 spiro atoms. The van der Waals surface area contributed by atoms with Crippen LogP contribution >= 0.6 is 11.8 Å². The molecule has 6 heteroatoms. The third kappa shape index (κ3) is 6.24. The van der Waals surface area contributed by atoms with Crippen LogP contribution in [-0.4, -0.2) is 43.5 Å². The van der Waals surface area contributed by atoms with E-state index in [1.54, 1.807) is 30.0 Å². The Hall–Kier alpha value is -1.69. The smallest absolute Gasteiger partial charge is 0.255 e. The Morgan fingerprint density at radius 1 is 1.23 bits per heavy atom. The molecule has 1 aromatic rings. The lowest BCUT2D eigenvalue weighted by Gasteiger charge is -2.24. The minimum absolute atomic E-state index is 0.0899. The molecule has 2 rings (SSSR count). The predicted octanol–water partition coefficient (Wildman–Crippen LogP) is 3.24. The van der Waals surface area contributed by atoms with Gasteiger partial charge in [0.2, 0.25) is 5.91 Å². The van der Waals surface area contributed by atoms with E-state index in [1.165, 1.54) is 39.2 Å². The second-order valence-electron chi connectivity index (χ2n) is 6.76. The monoisotopic (exact) mass is 378 g/mol. The van der Waals surface area contributed by atoms with Crippen molar-refractivity contribution in [1.29, 1.82) is 0 Å². The highest BCUT2D eigenvalue weighted by Gasteiger charge is 2.23. The van der Waals surface area contributed by atoms with Crippen LogP contribution < -0.4 is 15.4 Å². The molecule has 0 aromatic heterocycles. The summed E-state index contributed by atoms with van der Waals surface area (Å²) in [4.78, 5) is 25.3. The Balaban J connectivity index is 1.96. The molecule has 5 nitrogen and oxygen atoms in total. The lowest BCUT2D eigenvalue weighted by atomic mass is 9.89. The molecular weight excluding hydrogens is 348 g/mol. The molecule has 1 aliphatic carbocycles. The number of hydrogen-bond donors (Lipinski definition) is 2. The molecule has 0 radical (unpaired) electrons. The van der Waals surface area contributed by atoms with Crippen molar-refractivity contribution < 1.29 is 14.3 Å². The molecule has 2 N–H and O–H groups in total. The quantitative estimate of drug-likeness (QED) is 0.692. The standard InChI is InChI=1S/C20H30N2O3S/c1-25-18-11-7-6-10-16(18)19(23)22-17(12-13-26-2)20(24)21-14-15-8-4-3-5-9-15/h6-7,10-11,15,17H,3-5,8-9,12-14H2,1-2H3,(H,21,24)(H,22,23). The molecule has 1 aromatic carbocycles. The van der Waals surface area contributed by atoms with Crippen LogP contribution in [0.15, 0.2) is 24.3 Å². The molecule has 1 saturated carbocycles. The number of methoxy groups -OCH3 is 1. The van der Waals surface area contributed by atoms with Gasteiger partial charge in [0.05, 0.1) is 12.7 Å². The van der Waals surface area contributed by atoms with Gasteiger partial charge in [-0.3, -0.25) is 9.59 Å². The van der Waals surface area contributed by atoms with Gasteiger partial charge < -0.3 is 15.4 Å². The van der Waals surface area contributed by atoms with Crippen LogP contribution in [0.4, 0.5) is 0 Å². The third-order valence-corrected chi connectivity index (χ3v) is 5.52. The lowest BCUT2D eigenvalue weighted by Crippen LogP contribution is -2.48. The maximum absolute atomic E-state index is 12.6. The van der Waals surface area contributed by atoms with E-state index in [9.17, 15) is 9.59 Å². The molecule has 2 amide bonds. The molecule has 0 aliphatic heterocycles. The average Bonchev–Trinajstić information content (AvgIpc) is 2.69. The molecule has 1 aliphatic rings. The fourth-order valence-corrected chi connectivity index (χ4v) is 3.80. The summed E-state index contributed by atoms with van der Waals surface area (Å²) in [6, 6.07) is 6.53. The number of nitrogens with one attached hydrogen (secondary N) is 2. The van der Waals surface area contributed by atoms with Gasteiger partial charge in [0.1, 0.15) is 11.8 Å². The number of rotatable bonds is 9. The van der Waals surface area contributed by atoms with Gasteiger partial charge in [-0.15, -0.1) is 0 Å². The highest BCUT2D eigenvalue weighted by Crippen LogP contribution is 2.23. The highest BCUT2D eigenvalue weighted by atomic mass is 32.2. The summed E-state index contributed by atoms with van der Waals surface area (Å²) < 4.78 is 5.25. The zero-order valence-electron chi connectivity index (χ0n) is 15.8. The van der Waals surface area contributed by atoms with Crippen LogP contribution in [0.3, 0.4) is 0 Å². The van der Waals surface area contributed by atoms with Gasteiger partial charge in [0.15, 0.2) is 0 Å². The minimum atomic E-state index is -0.525. The normalized spacial score (nSPS) is 15.9. The van der Waals surface area contributed by atoms with Crippen molar-refractivity contribution >= 4 is 23.6 Å². The van der Waals surface area contributed by atoms with Gasteiger partial charge in [0.25, 0.3) is 5.91 Å². The fourth-order valence-electron chi connectivity index (χ4n) is 3.33. The topological polar surface area (TPSA) is 67.4 Å². The van der Waals surface area contributed by atoms with Gasteiger partial charge in [-0.25, -0.2) is 0 Å². The van der Waals surface area contributed by atoms with Gasteiger partial charge in [-0.1, -0.05) is 31.4 Å². The summed E-state index contributed by atoms with van der Waals surface area (Å²) >= 11 is 1.67. The zero-order chi connectivity index (χ0) is 18.8.